The first-order valence-electron chi connectivity index (χ1n) is 6.05. The van der Waals surface area contributed by atoms with E-state index in [0.717, 1.165) is 18.2 Å². The third-order valence-electron chi connectivity index (χ3n) is 2.75. The number of ketones is 1. The third-order valence-corrected chi connectivity index (χ3v) is 2.75. The lowest BCUT2D eigenvalue weighted by Gasteiger charge is -2.09. The maximum Gasteiger partial charge on any atom is 0.207 e. The van der Waals surface area contributed by atoms with Crippen molar-refractivity contribution in [3.8, 4) is 23.0 Å². The topological polar surface area (TPSA) is 87.0 Å². The fourth-order valence-electron chi connectivity index (χ4n) is 1.89. The van der Waals surface area contributed by atoms with Gasteiger partial charge in [0.2, 0.25) is 5.78 Å². The maximum atomic E-state index is 13.2. The summed E-state index contributed by atoms with van der Waals surface area (Å²) in [6.07, 6.45) is 0. The van der Waals surface area contributed by atoms with Crippen LogP contribution in [-0.2, 0) is 0 Å². The van der Waals surface area contributed by atoms with Gasteiger partial charge in [0.1, 0.15) is 34.4 Å². The van der Waals surface area contributed by atoms with Gasteiger partial charge in [0.15, 0.2) is 6.61 Å². The number of hydrogen-bond acceptors (Lipinski definition) is 5. The van der Waals surface area contributed by atoms with Crippen LogP contribution in [0.1, 0.15) is 15.9 Å². The molecule has 0 radical (unpaired) electrons. The summed E-state index contributed by atoms with van der Waals surface area (Å²) in [7, 11) is 0. The van der Waals surface area contributed by atoms with Gasteiger partial charge >= 0.3 is 0 Å². The van der Waals surface area contributed by atoms with Gasteiger partial charge in [-0.15, -0.1) is 0 Å². The molecule has 2 rings (SSSR count). The molecule has 2 aromatic rings. The van der Waals surface area contributed by atoms with Gasteiger partial charge in [0.05, 0.1) is 0 Å². The van der Waals surface area contributed by atoms with Gasteiger partial charge in [-0.1, -0.05) is 0 Å². The first-order chi connectivity index (χ1) is 9.86. The molecule has 0 saturated heterocycles. The molecular weight excluding hydrogens is 279 g/mol. The zero-order valence-electron chi connectivity index (χ0n) is 11.1. The molecule has 0 unspecified atom stereocenters. The Kier molecular flexibility index (Phi) is 3.98. The normalized spacial score (nSPS) is 10.4. The van der Waals surface area contributed by atoms with Gasteiger partial charge in [0, 0.05) is 18.2 Å². The van der Waals surface area contributed by atoms with E-state index in [1.807, 2.05) is 0 Å². The van der Waals surface area contributed by atoms with Gasteiger partial charge in [-0.25, -0.2) is 4.39 Å². The second-order valence-corrected chi connectivity index (χ2v) is 4.54. The number of aryl methyl sites for hydroxylation is 1. The van der Waals surface area contributed by atoms with E-state index in [2.05, 4.69) is 0 Å². The molecule has 0 heterocycles. The minimum absolute atomic E-state index is 0.165. The van der Waals surface area contributed by atoms with Crippen molar-refractivity contribution in [2.75, 3.05) is 6.61 Å². The third kappa shape index (κ3) is 3.42. The van der Waals surface area contributed by atoms with E-state index in [4.69, 9.17) is 9.84 Å². The van der Waals surface area contributed by atoms with E-state index < -0.39 is 29.7 Å². The Morgan fingerprint density at radius 2 is 1.71 bits per heavy atom. The predicted molar refractivity (Wildman–Crippen MR) is 72.4 cm³/mol. The average molecular weight is 292 g/mol. The Bertz CT molecular complexity index is 653. The molecule has 0 fully saturated rings. The van der Waals surface area contributed by atoms with Crippen LogP contribution in [0.25, 0.3) is 0 Å². The predicted octanol–water partition coefficient (Wildman–Crippen LogP) is 2.51. The summed E-state index contributed by atoms with van der Waals surface area (Å²) in [5.41, 5.74) is 0.272. The standard InChI is InChI=1S/C15H13FO5/c1-8-2-9(16)4-11(3-8)21-7-14(20)15-12(18)5-10(17)6-13(15)19/h2-6,17-19H,7H2,1H3. The fourth-order valence-corrected chi connectivity index (χ4v) is 1.89. The molecule has 0 aliphatic carbocycles. The maximum absolute atomic E-state index is 13.2. The number of halogens is 1. The molecule has 0 bridgehead atoms. The quantitative estimate of drug-likeness (QED) is 0.754. The Morgan fingerprint density at radius 3 is 2.29 bits per heavy atom. The molecule has 110 valence electrons. The van der Waals surface area contributed by atoms with Crippen molar-refractivity contribution in [3.05, 3.63) is 47.3 Å². The molecule has 2 aromatic carbocycles. The van der Waals surface area contributed by atoms with Crippen LogP contribution in [0, 0.1) is 12.7 Å². The zero-order valence-corrected chi connectivity index (χ0v) is 11.1. The minimum atomic E-state index is -0.702. The summed E-state index contributed by atoms with van der Waals surface area (Å²) < 4.78 is 18.3. The van der Waals surface area contributed by atoms with E-state index in [0.29, 0.717) is 5.56 Å². The molecule has 0 amide bonds. The Labute approximate surface area is 119 Å². The van der Waals surface area contributed by atoms with Gasteiger partial charge in [-0.05, 0) is 24.6 Å². The zero-order chi connectivity index (χ0) is 15.6. The average Bonchev–Trinajstić information content (AvgIpc) is 2.34. The molecule has 0 aliphatic rings. The van der Waals surface area contributed by atoms with Gasteiger partial charge < -0.3 is 20.1 Å². The molecular formula is C15H13FO5. The van der Waals surface area contributed by atoms with Crippen molar-refractivity contribution in [1.29, 1.82) is 0 Å². The minimum Gasteiger partial charge on any atom is -0.508 e. The lowest BCUT2D eigenvalue weighted by Crippen LogP contribution is -2.12. The Hall–Kier alpha value is -2.76. The van der Waals surface area contributed by atoms with E-state index in [1.165, 1.54) is 6.07 Å². The van der Waals surface area contributed by atoms with Crippen molar-refractivity contribution in [2.45, 2.75) is 6.92 Å². The number of phenols is 3. The first-order valence-corrected chi connectivity index (χ1v) is 6.05. The van der Waals surface area contributed by atoms with Crippen molar-refractivity contribution < 1.29 is 29.2 Å². The van der Waals surface area contributed by atoms with Gasteiger partial charge in [-0.2, -0.15) is 0 Å². The first kappa shape index (κ1) is 14.6. The highest BCUT2D eigenvalue weighted by atomic mass is 19.1. The molecule has 0 aromatic heterocycles. The number of ether oxygens (including phenoxy) is 1. The number of hydrogen-bond donors (Lipinski definition) is 3. The van der Waals surface area contributed by atoms with Crippen LogP contribution in [-0.4, -0.2) is 27.7 Å². The number of benzene rings is 2. The van der Waals surface area contributed by atoms with Crippen LogP contribution in [0.4, 0.5) is 4.39 Å². The van der Waals surface area contributed by atoms with E-state index in [1.54, 1.807) is 13.0 Å². The highest BCUT2D eigenvalue weighted by Gasteiger charge is 2.18. The molecule has 0 saturated carbocycles. The molecule has 5 nitrogen and oxygen atoms in total. The van der Waals surface area contributed by atoms with Crippen molar-refractivity contribution in [1.82, 2.24) is 0 Å². The highest BCUT2D eigenvalue weighted by Crippen LogP contribution is 2.32. The summed E-state index contributed by atoms with van der Waals surface area (Å²) >= 11 is 0. The largest absolute Gasteiger partial charge is 0.508 e. The van der Waals surface area contributed by atoms with Gasteiger partial charge in [0.25, 0.3) is 0 Å². The summed E-state index contributed by atoms with van der Waals surface area (Å²) in [5, 5.41) is 28.3. The number of rotatable bonds is 4. The number of phenolic OH excluding ortho intramolecular Hbond substituents is 3. The molecule has 0 aliphatic heterocycles. The second-order valence-electron chi connectivity index (χ2n) is 4.54. The van der Waals surface area contributed by atoms with Gasteiger partial charge in [-0.3, -0.25) is 4.79 Å². The molecule has 3 N–H and O–H groups in total. The van der Waals surface area contributed by atoms with E-state index in [9.17, 15) is 19.4 Å². The molecule has 21 heavy (non-hydrogen) atoms. The van der Waals surface area contributed by atoms with Crippen LogP contribution in [0.5, 0.6) is 23.0 Å². The molecule has 0 atom stereocenters. The summed E-state index contributed by atoms with van der Waals surface area (Å²) in [6.45, 7) is 1.18. The summed E-state index contributed by atoms with van der Waals surface area (Å²) in [5.74, 6) is -2.52. The second kappa shape index (κ2) is 5.70. The Balaban J connectivity index is 2.15. The number of Topliss-reactive ketones (excluding diaryl/α,β-unsaturated/α-hetero) is 1. The van der Waals surface area contributed by atoms with Crippen LogP contribution in [0.3, 0.4) is 0 Å². The summed E-state index contributed by atoms with van der Waals surface area (Å²) in [4.78, 5) is 11.9. The monoisotopic (exact) mass is 292 g/mol. The van der Waals surface area contributed by atoms with Crippen molar-refractivity contribution in [3.63, 3.8) is 0 Å². The van der Waals surface area contributed by atoms with E-state index >= 15 is 0 Å². The highest BCUT2D eigenvalue weighted by molar-refractivity contribution is 6.02. The van der Waals surface area contributed by atoms with Crippen molar-refractivity contribution in [2.24, 2.45) is 0 Å². The summed E-state index contributed by atoms with van der Waals surface area (Å²) in [6, 6.07) is 5.84. The van der Waals surface area contributed by atoms with Crippen molar-refractivity contribution >= 4 is 5.78 Å². The molecule has 0 spiro atoms. The lowest BCUT2D eigenvalue weighted by molar-refractivity contribution is 0.0915. The molecule has 6 heteroatoms. The SMILES string of the molecule is Cc1cc(F)cc(OCC(=O)c2c(O)cc(O)cc2O)c1. The van der Waals surface area contributed by atoms with E-state index in [-0.39, 0.29) is 17.1 Å². The number of carbonyl (C=O) groups is 1. The van der Waals surface area contributed by atoms with Crippen LogP contribution in [0.15, 0.2) is 30.3 Å². The van der Waals surface area contributed by atoms with Crippen LogP contribution < -0.4 is 4.74 Å². The van der Waals surface area contributed by atoms with Crippen LogP contribution >= 0.6 is 0 Å². The number of carbonyl (C=O) groups excluding carboxylic acids is 1. The van der Waals surface area contributed by atoms with Crippen LogP contribution in [0.2, 0.25) is 0 Å². The smallest absolute Gasteiger partial charge is 0.207 e. The fraction of sp³-hybridized carbons (Fsp3) is 0.133. The Morgan fingerprint density at radius 1 is 1.10 bits per heavy atom. The lowest BCUT2D eigenvalue weighted by atomic mass is 10.1. The number of aromatic hydroxyl groups is 3.